The summed E-state index contributed by atoms with van der Waals surface area (Å²) in [6.45, 7) is 3.93. The second-order valence-electron chi connectivity index (χ2n) is 3.66. The van der Waals surface area contributed by atoms with Crippen molar-refractivity contribution in [2.24, 2.45) is 5.92 Å². The molecule has 0 heterocycles. The molecule has 0 N–H and O–H groups in total. The van der Waals surface area contributed by atoms with Crippen molar-refractivity contribution in [3.63, 3.8) is 0 Å². The standard InChI is InChI=1S/C13H14N2/c1-3-11(8-14)13(9-15)12-6-4-5-10(2)7-12/h4-7,11,13H,3H2,1-2H3. The Labute approximate surface area is 90.8 Å². The Balaban J connectivity index is 3.04. The highest BCUT2D eigenvalue weighted by atomic mass is 14.3. The van der Waals surface area contributed by atoms with Crippen molar-refractivity contribution in [3.05, 3.63) is 35.4 Å². The summed E-state index contributed by atoms with van der Waals surface area (Å²) in [5.74, 6) is -0.517. The molecule has 0 bridgehead atoms. The van der Waals surface area contributed by atoms with Gasteiger partial charge in [-0.2, -0.15) is 10.5 Å². The number of hydrogen-bond donors (Lipinski definition) is 0. The molecule has 2 heteroatoms. The van der Waals surface area contributed by atoms with E-state index >= 15 is 0 Å². The molecule has 2 unspecified atom stereocenters. The Kier molecular flexibility index (Phi) is 3.89. The molecule has 2 nitrogen and oxygen atoms in total. The van der Waals surface area contributed by atoms with Gasteiger partial charge in [-0.05, 0) is 18.9 Å². The summed E-state index contributed by atoms with van der Waals surface area (Å²) >= 11 is 0. The maximum atomic E-state index is 9.10. The van der Waals surface area contributed by atoms with Crippen LogP contribution in [0.25, 0.3) is 0 Å². The van der Waals surface area contributed by atoms with Crippen LogP contribution < -0.4 is 0 Å². The van der Waals surface area contributed by atoms with Gasteiger partial charge in [0.1, 0.15) is 0 Å². The molecule has 0 fully saturated rings. The van der Waals surface area contributed by atoms with Crippen molar-refractivity contribution < 1.29 is 0 Å². The lowest BCUT2D eigenvalue weighted by molar-refractivity contribution is 0.585. The van der Waals surface area contributed by atoms with Gasteiger partial charge < -0.3 is 0 Å². The van der Waals surface area contributed by atoms with Gasteiger partial charge in [-0.15, -0.1) is 0 Å². The zero-order valence-electron chi connectivity index (χ0n) is 9.07. The second kappa shape index (κ2) is 5.17. The summed E-state index contributed by atoms with van der Waals surface area (Å²) in [5.41, 5.74) is 2.08. The van der Waals surface area contributed by atoms with Crippen molar-refractivity contribution in [1.82, 2.24) is 0 Å². The lowest BCUT2D eigenvalue weighted by Gasteiger charge is -2.14. The Morgan fingerprint density at radius 2 is 2.00 bits per heavy atom. The van der Waals surface area contributed by atoms with E-state index in [1.165, 1.54) is 0 Å². The molecule has 0 aliphatic heterocycles. The number of aryl methyl sites for hydroxylation is 1. The van der Waals surface area contributed by atoms with Crippen LogP contribution in [0.5, 0.6) is 0 Å². The fourth-order valence-corrected chi connectivity index (χ4v) is 1.66. The topological polar surface area (TPSA) is 47.6 Å². The van der Waals surface area contributed by atoms with Crippen LogP contribution in [-0.2, 0) is 0 Å². The Hall–Kier alpha value is -1.80. The van der Waals surface area contributed by atoms with Gasteiger partial charge in [-0.25, -0.2) is 0 Å². The highest BCUT2D eigenvalue weighted by molar-refractivity contribution is 5.31. The van der Waals surface area contributed by atoms with Crippen LogP contribution >= 0.6 is 0 Å². The average Bonchev–Trinajstić information content (AvgIpc) is 2.25. The third-order valence-electron chi connectivity index (χ3n) is 2.55. The molecule has 1 rings (SSSR count). The monoisotopic (exact) mass is 198 g/mol. The molecule has 0 radical (unpaired) electrons. The van der Waals surface area contributed by atoms with Gasteiger partial charge in [0.05, 0.1) is 24.0 Å². The normalized spacial score (nSPS) is 13.6. The lowest BCUT2D eigenvalue weighted by Crippen LogP contribution is -2.08. The molecule has 15 heavy (non-hydrogen) atoms. The van der Waals surface area contributed by atoms with Crippen LogP contribution in [-0.4, -0.2) is 0 Å². The molecule has 1 aromatic rings. The van der Waals surface area contributed by atoms with Crippen LogP contribution in [0, 0.1) is 35.5 Å². The summed E-state index contributed by atoms with van der Waals surface area (Å²) in [6.07, 6.45) is 0.711. The van der Waals surface area contributed by atoms with Crippen LogP contribution in [0.1, 0.15) is 30.4 Å². The summed E-state index contributed by atoms with van der Waals surface area (Å²) in [4.78, 5) is 0. The van der Waals surface area contributed by atoms with E-state index in [-0.39, 0.29) is 11.8 Å². The van der Waals surface area contributed by atoms with Crippen molar-refractivity contribution in [2.75, 3.05) is 0 Å². The van der Waals surface area contributed by atoms with Crippen LogP contribution in [0.3, 0.4) is 0 Å². The Bertz CT molecular complexity index is 409. The van der Waals surface area contributed by atoms with Gasteiger partial charge >= 0.3 is 0 Å². The zero-order valence-corrected chi connectivity index (χ0v) is 9.07. The minimum atomic E-state index is -0.306. The molecule has 0 aliphatic rings. The minimum Gasteiger partial charge on any atom is -0.198 e. The number of rotatable bonds is 3. The largest absolute Gasteiger partial charge is 0.198 e. The third kappa shape index (κ3) is 2.58. The first-order valence-corrected chi connectivity index (χ1v) is 5.08. The Morgan fingerprint density at radius 3 is 2.47 bits per heavy atom. The smallest absolute Gasteiger partial charge is 0.0870 e. The van der Waals surface area contributed by atoms with Gasteiger partial charge in [0.2, 0.25) is 0 Å². The van der Waals surface area contributed by atoms with E-state index in [9.17, 15) is 0 Å². The molecular formula is C13H14N2. The number of nitrogens with zero attached hydrogens (tertiary/aromatic N) is 2. The quantitative estimate of drug-likeness (QED) is 0.749. The van der Waals surface area contributed by atoms with Crippen molar-refractivity contribution in [3.8, 4) is 12.1 Å². The number of hydrogen-bond acceptors (Lipinski definition) is 2. The summed E-state index contributed by atoms with van der Waals surface area (Å²) in [7, 11) is 0. The summed E-state index contributed by atoms with van der Waals surface area (Å²) in [6, 6.07) is 12.2. The maximum Gasteiger partial charge on any atom is 0.0870 e. The van der Waals surface area contributed by atoms with Crippen LogP contribution in [0.4, 0.5) is 0 Å². The molecule has 0 saturated heterocycles. The summed E-state index contributed by atoms with van der Waals surface area (Å²) in [5, 5.41) is 18.1. The van der Waals surface area contributed by atoms with E-state index in [0.29, 0.717) is 6.42 Å². The van der Waals surface area contributed by atoms with Crippen molar-refractivity contribution in [1.29, 1.82) is 10.5 Å². The SMILES string of the molecule is CCC(C#N)C(C#N)c1cccc(C)c1. The van der Waals surface area contributed by atoms with Crippen molar-refractivity contribution in [2.45, 2.75) is 26.2 Å². The van der Waals surface area contributed by atoms with Crippen molar-refractivity contribution >= 4 is 0 Å². The zero-order chi connectivity index (χ0) is 11.3. The fourth-order valence-electron chi connectivity index (χ4n) is 1.66. The van der Waals surface area contributed by atoms with E-state index in [1.54, 1.807) is 0 Å². The molecule has 1 aromatic carbocycles. The van der Waals surface area contributed by atoms with E-state index in [0.717, 1.165) is 11.1 Å². The first-order chi connectivity index (χ1) is 7.22. The number of benzene rings is 1. The van der Waals surface area contributed by atoms with Crippen LogP contribution in [0.15, 0.2) is 24.3 Å². The van der Waals surface area contributed by atoms with E-state index < -0.39 is 0 Å². The van der Waals surface area contributed by atoms with Gasteiger partial charge in [0.15, 0.2) is 0 Å². The van der Waals surface area contributed by atoms with Gasteiger partial charge in [0, 0.05) is 0 Å². The van der Waals surface area contributed by atoms with Gasteiger partial charge in [-0.3, -0.25) is 0 Å². The first-order valence-electron chi connectivity index (χ1n) is 5.08. The first kappa shape index (κ1) is 11.3. The molecule has 0 amide bonds. The van der Waals surface area contributed by atoms with Gasteiger partial charge in [-0.1, -0.05) is 36.8 Å². The molecular weight excluding hydrogens is 184 g/mol. The van der Waals surface area contributed by atoms with E-state index in [2.05, 4.69) is 12.1 Å². The maximum absolute atomic E-state index is 9.10. The predicted molar refractivity (Wildman–Crippen MR) is 58.9 cm³/mol. The lowest BCUT2D eigenvalue weighted by atomic mass is 9.86. The predicted octanol–water partition coefficient (Wildman–Crippen LogP) is 3.15. The molecule has 0 aromatic heterocycles. The third-order valence-corrected chi connectivity index (χ3v) is 2.55. The van der Waals surface area contributed by atoms with E-state index in [4.69, 9.17) is 10.5 Å². The van der Waals surface area contributed by atoms with Gasteiger partial charge in [0.25, 0.3) is 0 Å². The average molecular weight is 198 g/mol. The fraction of sp³-hybridized carbons (Fsp3) is 0.385. The van der Waals surface area contributed by atoms with Crippen LogP contribution in [0.2, 0.25) is 0 Å². The Morgan fingerprint density at radius 1 is 1.27 bits per heavy atom. The molecule has 0 saturated carbocycles. The molecule has 0 aliphatic carbocycles. The number of nitriles is 2. The highest BCUT2D eigenvalue weighted by Gasteiger charge is 2.20. The molecule has 0 spiro atoms. The minimum absolute atomic E-state index is 0.211. The highest BCUT2D eigenvalue weighted by Crippen LogP contribution is 2.26. The molecule has 76 valence electrons. The summed E-state index contributed by atoms with van der Waals surface area (Å²) < 4.78 is 0. The van der Waals surface area contributed by atoms with E-state index in [1.807, 2.05) is 38.1 Å². The second-order valence-corrected chi connectivity index (χ2v) is 3.66. The molecule has 2 atom stereocenters.